The average molecular weight is 217 g/mol. The first-order chi connectivity index (χ1) is 7.68. The molecule has 6 heteroatoms. The van der Waals surface area contributed by atoms with E-state index in [-0.39, 0.29) is 5.56 Å². The number of nitrogens with one attached hydrogen (secondary N) is 1. The third-order valence-corrected chi connectivity index (χ3v) is 1.98. The van der Waals surface area contributed by atoms with Crippen molar-refractivity contribution in [2.24, 2.45) is 0 Å². The van der Waals surface area contributed by atoms with E-state index in [2.05, 4.69) is 15.0 Å². The Labute approximate surface area is 89.6 Å². The summed E-state index contributed by atoms with van der Waals surface area (Å²) in [6.45, 7) is 0. The molecule has 0 bridgehead atoms. The lowest BCUT2D eigenvalue weighted by Gasteiger charge is -1.99. The van der Waals surface area contributed by atoms with E-state index in [0.29, 0.717) is 11.4 Å². The fraction of sp³-hybridized carbons (Fsp3) is 0. The van der Waals surface area contributed by atoms with E-state index in [1.54, 1.807) is 24.5 Å². The average Bonchev–Trinajstić information content (AvgIpc) is 2.29. The number of nitrogens with zero attached hydrogens (tertiary/aromatic N) is 2. The molecule has 0 saturated carbocycles. The number of hydrogen-bond acceptors (Lipinski definition) is 4. The number of H-pyrrole nitrogens is 1. The number of aromatic nitrogens is 3. The molecule has 0 aliphatic carbocycles. The lowest BCUT2D eigenvalue weighted by molar-refractivity contribution is 0.0694. The van der Waals surface area contributed by atoms with Gasteiger partial charge in [-0.1, -0.05) is 0 Å². The van der Waals surface area contributed by atoms with Crippen molar-refractivity contribution in [2.45, 2.75) is 0 Å². The lowest BCUT2D eigenvalue weighted by Crippen LogP contribution is -2.18. The zero-order valence-corrected chi connectivity index (χ0v) is 8.04. The number of pyridine rings is 1. The Kier molecular flexibility index (Phi) is 2.47. The Morgan fingerprint density at radius 2 is 2.00 bits per heavy atom. The minimum Gasteiger partial charge on any atom is -0.477 e. The van der Waals surface area contributed by atoms with Gasteiger partial charge in [-0.05, 0) is 12.1 Å². The zero-order chi connectivity index (χ0) is 11.5. The SMILES string of the molecule is O=C(O)c1cnc(-c2ccncc2)[nH]c1=O. The summed E-state index contributed by atoms with van der Waals surface area (Å²) < 4.78 is 0. The minimum atomic E-state index is -1.30. The van der Waals surface area contributed by atoms with Crippen LogP contribution in [0.15, 0.2) is 35.5 Å². The van der Waals surface area contributed by atoms with E-state index in [0.717, 1.165) is 6.20 Å². The van der Waals surface area contributed by atoms with Crippen molar-refractivity contribution >= 4 is 5.97 Å². The van der Waals surface area contributed by atoms with Gasteiger partial charge in [0.25, 0.3) is 5.56 Å². The van der Waals surface area contributed by atoms with Crippen molar-refractivity contribution in [1.82, 2.24) is 15.0 Å². The largest absolute Gasteiger partial charge is 0.477 e. The van der Waals surface area contributed by atoms with Gasteiger partial charge in [0.1, 0.15) is 11.4 Å². The molecule has 0 amide bonds. The molecule has 0 unspecified atom stereocenters. The minimum absolute atomic E-state index is 0.317. The highest BCUT2D eigenvalue weighted by Gasteiger charge is 2.10. The fourth-order valence-electron chi connectivity index (χ4n) is 1.20. The van der Waals surface area contributed by atoms with Gasteiger partial charge in [-0.3, -0.25) is 9.78 Å². The molecule has 0 spiro atoms. The standard InChI is InChI=1S/C10H7N3O3/c14-9-7(10(15)16)5-12-8(13-9)6-1-3-11-4-2-6/h1-5H,(H,15,16)(H,12,13,14). The second-order valence-electron chi connectivity index (χ2n) is 3.02. The van der Waals surface area contributed by atoms with Crippen LogP contribution in [0.5, 0.6) is 0 Å². The molecule has 0 atom stereocenters. The van der Waals surface area contributed by atoms with Crippen LogP contribution >= 0.6 is 0 Å². The third-order valence-electron chi connectivity index (χ3n) is 1.98. The molecule has 2 rings (SSSR count). The summed E-state index contributed by atoms with van der Waals surface area (Å²) in [6.07, 6.45) is 4.15. The first-order valence-electron chi connectivity index (χ1n) is 4.41. The number of aromatic carboxylic acids is 1. The zero-order valence-electron chi connectivity index (χ0n) is 8.04. The molecule has 16 heavy (non-hydrogen) atoms. The highest BCUT2D eigenvalue weighted by atomic mass is 16.4. The van der Waals surface area contributed by atoms with Crippen molar-refractivity contribution in [3.05, 3.63) is 46.6 Å². The molecule has 2 aromatic rings. The van der Waals surface area contributed by atoms with E-state index >= 15 is 0 Å². The number of carboxylic acids is 1. The maximum absolute atomic E-state index is 11.4. The van der Waals surface area contributed by atoms with Crippen LogP contribution in [0, 0.1) is 0 Å². The van der Waals surface area contributed by atoms with Crippen LogP contribution in [-0.2, 0) is 0 Å². The number of aromatic amines is 1. The summed E-state index contributed by atoms with van der Waals surface area (Å²) in [5.41, 5.74) is -0.379. The van der Waals surface area contributed by atoms with Crippen LogP contribution < -0.4 is 5.56 Å². The molecule has 0 aromatic carbocycles. The van der Waals surface area contributed by atoms with E-state index in [9.17, 15) is 9.59 Å². The van der Waals surface area contributed by atoms with Gasteiger partial charge in [0.05, 0.1) is 0 Å². The maximum Gasteiger partial charge on any atom is 0.342 e. The molecule has 6 nitrogen and oxygen atoms in total. The van der Waals surface area contributed by atoms with Gasteiger partial charge < -0.3 is 10.1 Å². The van der Waals surface area contributed by atoms with Gasteiger partial charge >= 0.3 is 5.97 Å². The monoisotopic (exact) mass is 217 g/mol. The van der Waals surface area contributed by atoms with E-state index in [4.69, 9.17) is 5.11 Å². The van der Waals surface area contributed by atoms with Crippen molar-refractivity contribution in [2.75, 3.05) is 0 Å². The molecule has 0 aliphatic rings. The van der Waals surface area contributed by atoms with Crippen LogP contribution in [0.4, 0.5) is 0 Å². The summed E-state index contributed by atoms with van der Waals surface area (Å²) in [5, 5.41) is 8.66. The Morgan fingerprint density at radius 3 is 2.56 bits per heavy atom. The summed E-state index contributed by atoms with van der Waals surface area (Å²) >= 11 is 0. The van der Waals surface area contributed by atoms with Gasteiger partial charge in [-0.2, -0.15) is 0 Å². The topological polar surface area (TPSA) is 95.9 Å². The summed E-state index contributed by atoms with van der Waals surface area (Å²) in [4.78, 5) is 32.1. The number of hydrogen-bond donors (Lipinski definition) is 2. The Morgan fingerprint density at radius 1 is 1.31 bits per heavy atom. The van der Waals surface area contributed by atoms with Crippen molar-refractivity contribution < 1.29 is 9.90 Å². The number of carboxylic acid groups (broad SMARTS) is 1. The maximum atomic E-state index is 11.4. The van der Waals surface area contributed by atoms with Gasteiger partial charge in [0.15, 0.2) is 0 Å². The summed E-state index contributed by atoms with van der Waals surface area (Å²) in [7, 11) is 0. The first-order valence-corrected chi connectivity index (χ1v) is 4.41. The molecule has 80 valence electrons. The van der Waals surface area contributed by atoms with Crippen LogP contribution in [-0.4, -0.2) is 26.0 Å². The Bertz CT molecular complexity index is 577. The smallest absolute Gasteiger partial charge is 0.342 e. The van der Waals surface area contributed by atoms with Crippen LogP contribution in [0.1, 0.15) is 10.4 Å². The molecular weight excluding hydrogens is 210 g/mol. The highest BCUT2D eigenvalue weighted by molar-refractivity contribution is 5.86. The van der Waals surface area contributed by atoms with E-state index < -0.39 is 11.5 Å². The predicted molar refractivity (Wildman–Crippen MR) is 55.0 cm³/mol. The Hall–Kier alpha value is -2.50. The fourth-order valence-corrected chi connectivity index (χ4v) is 1.20. The number of carbonyl (C=O) groups is 1. The molecule has 2 aromatic heterocycles. The molecule has 2 heterocycles. The molecule has 2 N–H and O–H groups in total. The number of rotatable bonds is 2. The van der Waals surface area contributed by atoms with Crippen LogP contribution in [0.3, 0.4) is 0 Å². The molecule has 0 saturated heterocycles. The van der Waals surface area contributed by atoms with E-state index in [1.807, 2.05) is 0 Å². The normalized spacial score (nSPS) is 10.0. The van der Waals surface area contributed by atoms with Gasteiger partial charge in [0, 0.05) is 24.2 Å². The molecular formula is C10H7N3O3. The van der Waals surface area contributed by atoms with Gasteiger partial charge in [0.2, 0.25) is 0 Å². The van der Waals surface area contributed by atoms with Crippen LogP contribution in [0.25, 0.3) is 11.4 Å². The lowest BCUT2D eigenvalue weighted by atomic mass is 10.2. The van der Waals surface area contributed by atoms with Crippen molar-refractivity contribution in [3.8, 4) is 11.4 Å². The molecule has 0 fully saturated rings. The van der Waals surface area contributed by atoms with Crippen molar-refractivity contribution in [1.29, 1.82) is 0 Å². The molecule has 0 aliphatic heterocycles. The van der Waals surface area contributed by atoms with Crippen LogP contribution in [0.2, 0.25) is 0 Å². The highest BCUT2D eigenvalue weighted by Crippen LogP contribution is 2.10. The second-order valence-corrected chi connectivity index (χ2v) is 3.02. The van der Waals surface area contributed by atoms with Crippen molar-refractivity contribution in [3.63, 3.8) is 0 Å². The predicted octanol–water partition coefficient (Wildman–Crippen LogP) is 0.530. The summed E-state index contributed by atoms with van der Waals surface area (Å²) in [5.74, 6) is -0.979. The van der Waals surface area contributed by atoms with Gasteiger partial charge in [-0.25, -0.2) is 9.78 Å². The first kappa shape index (κ1) is 10.0. The Balaban J connectivity index is 2.51. The second kappa shape index (κ2) is 3.93. The molecule has 0 radical (unpaired) electrons. The summed E-state index contributed by atoms with van der Waals surface area (Å²) in [6, 6.07) is 3.33. The third kappa shape index (κ3) is 1.81. The quantitative estimate of drug-likeness (QED) is 0.764. The van der Waals surface area contributed by atoms with Gasteiger partial charge in [-0.15, -0.1) is 0 Å². The van der Waals surface area contributed by atoms with E-state index in [1.165, 1.54) is 0 Å².